The second-order valence-corrected chi connectivity index (χ2v) is 9.63. The first-order valence-electron chi connectivity index (χ1n) is 11.6. The van der Waals surface area contributed by atoms with E-state index in [9.17, 15) is 15.0 Å². The zero-order valence-corrected chi connectivity index (χ0v) is 20.5. The number of rotatable bonds is 3. The molecule has 5 aromatic rings. The molecule has 6 rings (SSSR count). The number of anilines is 1. The molecule has 2 atom stereocenters. The minimum atomic E-state index is -0.431. The van der Waals surface area contributed by atoms with Crippen LogP contribution in [-0.4, -0.2) is 42.7 Å². The zero-order chi connectivity index (χ0) is 25.9. The number of fused-ring (bicyclic) bond motifs is 2. The van der Waals surface area contributed by atoms with Crippen molar-refractivity contribution >= 4 is 39.1 Å². The summed E-state index contributed by atoms with van der Waals surface area (Å²) in [7, 11) is 0. The molecule has 37 heavy (non-hydrogen) atoms. The van der Waals surface area contributed by atoms with Gasteiger partial charge in [0.05, 0.1) is 6.61 Å². The topological polar surface area (TPSA) is 131 Å². The molecular weight excluding hydrogens is 490 g/mol. The van der Waals surface area contributed by atoms with Gasteiger partial charge in [-0.25, -0.2) is 4.79 Å². The highest BCUT2D eigenvalue weighted by Gasteiger charge is 2.27. The van der Waals surface area contributed by atoms with E-state index < -0.39 is 5.69 Å². The van der Waals surface area contributed by atoms with E-state index in [0.29, 0.717) is 16.9 Å². The van der Waals surface area contributed by atoms with E-state index in [2.05, 4.69) is 4.98 Å². The highest BCUT2D eigenvalue weighted by Crippen LogP contribution is 2.44. The molecule has 1 aliphatic rings. The number of aromatic hydroxyl groups is 2. The fourth-order valence-corrected chi connectivity index (χ4v) is 5.31. The lowest BCUT2D eigenvalue weighted by molar-refractivity contribution is -0.00629. The number of nitrogens with two attached hydrogens (primary N) is 1. The van der Waals surface area contributed by atoms with Gasteiger partial charge in [-0.15, -0.1) is 11.8 Å². The van der Waals surface area contributed by atoms with Crippen LogP contribution < -0.4 is 11.4 Å². The van der Waals surface area contributed by atoms with Gasteiger partial charge in [-0.05, 0) is 39.7 Å². The predicted octanol–water partition coefficient (Wildman–Crippen LogP) is 4.48. The van der Waals surface area contributed by atoms with Gasteiger partial charge >= 0.3 is 5.69 Å². The van der Waals surface area contributed by atoms with Gasteiger partial charge in [0.1, 0.15) is 29.0 Å². The normalized spacial score (nSPS) is 17.0. The number of hydrogen-bond acceptors (Lipinski definition) is 8. The number of phenolic OH excluding ortho intramolecular Hbond substituents is 2. The lowest BCUT2D eigenvalue weighted by atomic mass is 9.92. The SMILES string of the molecule is Nc1ccn([C@@H]2CS[C@H](CO)O2)c(=O)n1.Oc1ccc2ccccc2c1-c1c(O)ccc2ccccc12. The molecule has 0 unspecified atom stereocenters. The van der Waals surface area contributed by atoms with Crippen molar-refractivity contribution in [3.63, 3.8) is 0 Å². The van der Waals surface area contributed by atoms with Crippen LogP contribution >= 0.6 is 11.8 Å². The summed E-state index contributed by atoms with van der Waals surface area (Å²) in [5.74, 6) is 1.16. The summed E-state index contributed by atoms with van der Waals surface area (Å²) in [6.07, 6.45) is 1.18. The van der Waals surface area contributed by atoms with Crippen molar-refractivity contribution in [2.45, 2.75) is 11.7 Å². The number of aliphatic hydroxyl groups excluding tert-OH is 1. The molecule has 1 aromatic heterocycles. The number of nitrogens with zero attached hydrogens (tertiary/aromatic N) is 2. The van der Waals surface area contributed by atoms with Gasteiger partial charge < -0.3 is 25.8 Å². The maximum atomic E-state index is 11.4. The van der Waals surface area contributed by atoms with E-state index in [-0.39, 0.29) is 35.6 Å². The van der Waals surface area contributed by atoms with E-state index >= 15 is 0 Å². The monoisotopic (exact) mass is 515 g/mol. The first kappa shape index (κ1) is 24.6. The van der Waals surface area contributed by atoms with Gasteiger partial charge in [0.25, 0.3) is 0 Å². The molecule has 0 saturated carbocycles. The third-order valence-corrected chi connectivity index (χ3v) is 7.22. The van der Waals surface area contributed by atoms with Crippen molar-refractivity contribution in [3.8, 4) is 22.6 Å². The van der Waals surface area contributed by atoms with Crippen LogP contribution in [0.2, 0.25) is 0 Å². The molecule has 4 aromatic carbocycles. The van der Waals surface area contributed by atoms with Gasteiger partial charge in [-0.3, -0.25) is 4.57 Å². The Hall–Kier alpha value is -4.05. The molecule has 9 heteroatoms. The van der Waals surface area contributed by atoms with Crippen LogP contribution in [0.5, 0.6) is 11.5 Å². The summed E-state index contributed by atoms with van der Waals surface area (Å²) in [5, 5.41) is 33.7. The highest BCUT2D eigenvalue weighted by atomic mass is 32.2. The van der Waals surface area contributed by atoms with E-state index in [1.165, 1.54) is 16.3 Å². The first-order valence-corrected chi connectivity index (χ1v) is 12.7. The third kappa shape index (κ3) is 4.97. The first-order chi connectivity index (χ1) is 18.0. The number of hydrogen-bond donors (Lipinski definition) is 4. The summed E-state index contributed by atoms with van der Waals surface area (Å²) in [5.41, 5.74) is 6.02. The Kier molecular flexibility index (Phi) is 7.00. The van der Waals surface area contributed by atoms with Crippen molar-refractivity contribution in [2.24, 2.45) is 0 Å². The summed E-state index contributed by atoms with van der Waals surface area (Å²) in [4.78, 5) is 15.0. The molecule has 188 valence electrons. The molecule has 8 nitrogen and oxygen atoms in total. The van der Waals surface area contributed by atoms with Gasteiger partial charge in [0.2, 0.25) is 0 Å². The predicted molar refractivity (Wildman–Crippen MR) is 147 cm³/mol. The second kappa shape index (κ2) is 10.5. The van der Waals surface area contributed by atoms with Crippen LogP contribution in [-0.2, 0) is 4.74 Å². The van der Waals surface area contributed by atoms with Gasteiger partial charge in [0, 0.05) is 23.1 Å². The Morgan fingerprint density at radius 2 is 1.46 bits per heavy atom. The summed E-state index contributed by atoms with van der Waals surface area (Å²) in [6, 6.07) is 24.4. The molecule has 2 heterocycles. The van der Waals surface area contributed by atoms with Gasteiger partial charge in [-0.2, -0.15) is 4.98 Å². The van der Waals surface area contributed by atoms with Crippen LogP contribution in [0, 0.1) is 0 Å². The average molecular weight is 516 g/mol. The lowest BCUT2D eigenvalue weighted by Gasteiger charge is -2.14. The van der Waals surface area contributed by atoms with Crippen LogP contribution in [0.25, 0.3) is 32.7 Å². The maximum Gasteiger partial charge on any atom is 0.351 e. The van der Waals surface area contributed by atoms with Crippen molar-refractivity contribution in [3.05, 3.63) is 95.5 Å². The van der Waals surface area contributed by atoms with E-state index in [1.807, 2.05) is 60.7 Å². The minimum Gasteiger partial charge on any atom is -0.507 e. The summed E-state index contributed by atoms with van der Waals surface area (Å²) in [6.45, 7) is -0.0572. The van der Waals surface area contributed by atoms with E-state index in [4.69, 9.17) is 15.6 Å². The van der Waals surface area contributed by atoms with Crippen molar-refractivity contribution < 1.29 is 20.1 Å². The molecule has 1 fully saturated rings. The number of aromatic nitrogens is 2. The number of thioether (sulfide) groups is 1. The van der Waals surface area contributed by atoms with Gasteiger partial charge in [0.15, 0.2) is 0 Å². The number of phenols is 2. The van der Waals surface area contributed by atoms with Crippen molar-refractivity contribution in [1.29, 1.82) is 0 Å². The summed E-state index contributed by atoms with van der Waals surface area (Å²) >= 11 is 1.47. The largest absolute Gasteiger partial charge is 0.507 e. The van der Waals surface area contributed by atoms with Crippen molar-refractivity contribution in [1.82, 2.24) is 9.55 Å². The molecule has 1 aliphatic heterocycles. The van der Waals surface area contributed by atoms with Gasteiger partial charge in [-0.1, -0.05) is 60.7 Å². The average Bonchev–Trinajstić information content (AvgIpc) is 3.39. The van der Waals surface area contributed by atoms with Crippen molar-refractivity contribution in [2.75, 3.05) is 18.1 Å². The Balaban J connectivity index is 0.000000164. The Morgan fingerprint density at radius 3 is 1.97 bits per heavy atom. The fourth-order valence-electron chi connectivity index (χ4n) is 4.38. The molecule has 0 amide bonds. The molecule has 0 aliphatic carbocycles. The van der Waals surface area contributed by atoms with E-state index in [1.54, 1.807) is 24.4 Å². The lowest BCUT2D eigenvalue weighted by Crippen LogP contribution is -2.28. The van der Waals surface area contributed by atoms with Crippen LogP contribution in [0.1, 0.15) is 6.23 Å². The van der Waals surface area contributed by atoms with Crippen LogP contribution in [0.4, 0.5) is 5.82 Å². The molecular formula is C28H25N3O5S. The molecule has 0 bridgehead atoms. The second-order valence-electron chi connectivity index (χ2n) is 8.44. The summed E-state index contributed by atoms with van der Waals surface area (Å²) < 4.78 is 6.79. The number of aliphatic hydroxyl groups is 1. The molecule has 0 spiro atoms. The number of ether oxygens (including phenoxy) is 1. The highest BCUT2D eigenvalue weighted by molar-refractivity contribution is 8.00. The van der Waals surface area contributed by atoms with Crippen LogP contribution in [0.15, 0.2) is 89.9 Å². The number of nitrogen functional groups attached to an aromatic ring is 1. The van der Waals surface area contributed by atoms with E-state index in [0.717, 1.165) is 21.5 Å². The van der Waals surface area contributed by atoms with Crippen LogP contribution in [0.3, 0.4) is 0 Å². The zero-order valence-electron chi connectivity index (χ0n) is 19.7. The third-order valence-electron chi connectivity index (χ3n) is 6.11. The Labute approximate surface area is 216 Å². The number of benzene rings is 4. The molecule has 1 saturated heterocycles. The molecule has 0 radical (unpaired) electrons. The maximum absolute atomic E-state index is 11.4. The smallest absolute Gasteiger partial charge is 0.351 e. The Bertz CT molecular complexity index is 1550. The minimum absolute atomic E-state index is 0.0572. The molecule has 5 N–H and O–H groups in total. The fraction of sp³-hybridized carbons (Fsp3) is 0.143. The Morgan fingerprint density at radius 1 is 0.892 bits per heavy atom. The standard InChI is InChI=1S/C20H14O2.C8H11N3O3S/c21-17-11-9-13-5-1-3-7-15(13)19(17)20-16-8-4-2-6-14(16)10-12-18(20)22;9-5-1-2-11(8(13)10-5)6-4-15-7(3-12)14-6/h1-12,21-22H;1-2,6-7,12H,3-4H2,(H2,9,10,13)/t;6-,7+/m.0/s1. The quantitative estimate of drug-likeness (QED) is 0.277.